The molecule has 0 aliphatic rings. The van der Waals surface area contributed by atoms with Crippen molar-refractivity contribution in [1.29, 1.82) is 0 Å². The molecule has 0 spiro atoms. The fourth-order valence-corrected chi connectivity index (χ4v) is 0. The fourth-order valence-electron chi connectivity index (χ4n) is 0. The number of hydrogen-bond donors (Lipinski definition) is 2. The van der Waals surface area contributed by atoms with E-state index < -0.39 is 13.4 Å². The van der Waals surface area contributed by atoms with Gasteiger partial charge in [0.1, 0.15) is 0 Å². The second-order valence-corrected chi connectivity index (χ2v) is 1.71. The third kappa shape index (κ3) is 148. The molecule has 1 radical (unpaired) electrons. The Hall–Kier alpha value is 2.13. The minimum atomic E-state index is -5.12. The summed E-state index contributed by atoms with van der Waals surface area (Å²) in [4.78, 5) is 0. The Labute approximate surface area is 97.0 Å². The molecule has 0 saturated carbocycles. The summed E-state index contributed by atoms with van der Waals surface area (Å²) in [5.41, 5.74) is 0. The van der Waals surface area contributed by atoms with Crippen LogP contribution in [0.25, 0.3) is 0 Å². The monoisotopic (exact) mass is 304 g/mol. The molecule has 2 N–H and O–H groups in total. The van der Waals surface area contributed by atoms with Crippen molar-refractivity contribution in [3.8, 4) is 0 Å². The summed E-state index contributed by atoms with van der Waals surface area (Å²) in [5, 5.41) is 0. The molecular weight excluding hydrogens is 302 g/mol. The average Bonchev–Trinajstić information content (AvgIpc) is 0.722. The first-order chi connectivity index (χ1) is 2.00. The van der Waals surface area contributed by atoms with Crippen LogP contribution in [-0.4, -0.2) is 27.2 Å². The van der Waals surface area contributed by atoms with Crippen molar-refractivity contribution in [2.75, 3.05) is 0 Å². The first-order valence-corrected chi connectivity index (χ1v) is 2.67. The third-order valence-electron chi connectivity index (χ3n) is 0. The topological polar surface area (TPSA) is 74.6 Å². The quantitative estimate of drug-likeness (QED) is 0.507. The zero-order valence-corrected chi connectivity index (χ0v) is 7.25. The van der Waals surface area contributed by atoms with E-state index >= 15 is 0 Å². The second-order valence-electron chi connectivity index (χ2n) is 0.415. The van der Waals surface area contributed by atoms with Gasteiger partial charge in [0.15, 0.2) is 0 Å². The van der Waals surface area contributed by atoms with Gasteiger partial charge in [-0.1, -0.05) is 0 Å². The summed E-state index contributed by atoms with van der Waals surface area (Å²) in [5.74, 6) is 0. The number of hydrogen-bond acceptors (Lipinski definition) is 2. The molecule has 0 aromatic rings. The maximum absolute atomic E-state index is 8.80. The minimum absolute atomic E-state index is 0. The van der Waals surface area contributed by atoms with E-state index in [2.05, 4.69) is 0 Å². The molecule has 0 unspecified atom stereocenters. The molecule has 0 fully saturated rings. The average molecular weight is 305 g/mol. The van der Waals surface area contributed by atoms with Gasteiger partial charge in [-0.15, -0.1) is 0 Å². The van der Waals surface area contributed by atoms with Gasteiger partial charge >= 0.3 is 48.3 Å². The van der Waals surface area contributed by atoms with E-state index in [1.165, 1.54) is 0 Å². The van der Waals surface area contributed by atoms with Crippen molar-refractivity contribution in [3.05, 3.63) is 0 Å². The van der Waals surface area contributed by atoms with Crippen LogP contribution in [0.1, 0.15) is 0 Å². The van der Waals surface area contributed by atoms with Crippen LogP contribution in [0, 0.1) is 0 Å². The van der Waals surface area contributed by atoms with Gasteiger partial charge in [0.2, 0.25) is 0 Å². The Morgan fingerprint density at radius 2 is 1.00 bits per heavy atom. The first kappa shape index (κ1) is 30.4. The van der Waals surface area contributed by atoms with Crippen LogP contribution in [0.5, 0.6) is 0 Å². The van der Waals surface area contributed by atoms with Gasteiger partial charge < -0.3 is 0 Å². The van der Waals surface area contributed by atoms with Crippen molar-refractivity contribution >= 4 is 18.9 Å². The van der Waals surface area contributed by atoms with Crippen LogP contribution in [0.3, 0.4) is 0 Å². The first-order valence-electron chi connectivity index (χ1n) is 0.647. The fraction of sp³-hybridized carbons (Fsp3) is 0. The van der Waals surface area contributed by atoms with Crippen molar-refractivity contribution in [3.63, 3.8) is 0 Å². The van der Waals surface area contributed by atoms with E-state index in [9.17, 15) is 0 Å². The number of rotatable bonds is 0. The molecule has 64 valence electrons. The van der Waals surface area contributed by atoms with E-state index in [0.717, 1.165) is 0 Å². The molecular formula is H3CoLiMnNi2O4. The standard InChI is InChI=1S/Co.Li.Mn.2Ni.2H2O.2O.H/h;;;;;2*1H2;;;/q;;+2;;;;;;;/p-2. The Morgan fingerprint density at radius 3 is 1.00 bits per heavy atom. The molecule has 0 amide bonds. The van der Waals surface area contributed by atoms with Crippen molar-refractivity contribution in [1.82, 2.24) is 0 Å². The zero-order valence-electron chi connectivity index (χ0n) is 3.05. The summed E-state index contributed by atoms with van der Waals surface area (Å²) in [6.45, 7) is 0. The van der Waals surface area contributed by atoms with Gasteiger partial charge in [-0.25, -0.2) is 0 Å². The maximum atomic E-state index is 8.80. The van der Waals surface area contributed by atoms with Crippen LogP contribution in [-0.2, 0) is 70.8 Å². The van der Waals surface area contributed by atoms with Crippen LogP contribution in [0.15, 0.2) is 0 Å². The van der Waals surface area contributed by atoms with Crippen molar-refractivity contribution in [2.24, 2.45) is 0 Å². The molecule has 0 aliphatic heterocycles. The van der Waals surface area contributed by atoms with Crippen LogP contribution >= 0.6 is 0 Å². The van der Waals surface area contributed by atoms with E-state index in [4.69, 9.17) is 16.0 Å². The summed E-state index contributed by atoms with van der Waals surface area (Å²) >= 11 is -5.12. The molecule has 0 atom stereocenters. The molecule has 4 nitrogen and oxygen atoms in total. The van der Waals surface area contributed by atoms with E-state index in [1.54, 1.807) is 0 Å². The van der Waals surface area contributed by atoms with Gasteiger partial charge in [0, 0.05) is 49.8 Å². The second kappa shape index (κ2) is 12.8. The van der Waals surface area contributed by atoms with E-state index in [1.807, 2.05) is 0 Å². The van der Waals surface area contributed by atoms with Gasteiger partial charge in [-0.2, -0.15) is 0 Å². The van der Waals surface area contributed by atoms with Gasteiger partial charge in [0.25, 0.3) is 0 Å². The third-order valence-corrected chi connectivity index (χ3v) is 0. The Bertz CT molecular complexity index is 102. The van der Waals surface area contributed by atoms with Crippen molar-refractivity contribution < 1.29 is 79.2 Å². The molecule has 0 saturated heterocycles. The van der Waals surface area contributed by atoms with E-state index in [-0.39, 0.29) is 68.6 Å². The van der Waals surface area contributed by atoms with Crippen LogP contribution in [0.2, 0.25) is 0 Å². The molecule has 0 aliphatic carbocycles. The molecule has 9 heteroatoms. The van der Waals surface area contributed by atoms with E-state index in [0.29, 0.717) is 0 Å². The molecule has 0 rings (SSSR count). The molecule has 0 aromatic heterocycles. The molecule has 0 heterocycles. The van der Waals surface area contributed by atoms with Gasteiger partial charge in [-0.3, -0.25) is 0 Å². The molecule has 0 aromatic carbocycles. The molecule has 0 bridgehead atoms. The Morgan fingerprint density at radius 1 is 1.00 bits per heavy atom. The van der Waals surface area contributed by atoms with Gasteiger partial charge in [0.05, 0.1) is 0 Å². The van der Waals surface area contributed by atoms with Crippen LogP contribution < -0.4 is 0 Å². The van der Waals surface area contributed by atoms with Crippen LogP contribution in [0.4, 0.5) is 0 Å². The molecule has 9 heavy (non-hydrogen) atoms. The normalized spacial score (nSPS) is 6.44. The summed E-state index contributed by atoms with van der Waals surface area (Å²) < 4.78 is 31.8. The summed E-state index contributed by atoms with van der Waals surface area (Å²) in [6.07, 6.45) is 0. The Balaban J connectivity index is -0.0000000133. The van der Waals surface area contributed by atoms with Crippen molar-refractivity contribution in [2.45, 2.75) is 0 Å². The predicted molar refractivity (Wildman–Crippen MR) is 13.0 cm³/mol. The Kier molecular flexibility index (Phi) is 43.1. The SMILES string of the molecule is [Co].[LiH].[Ni].[Ni].[O]=[Mn](=[O])([OH])[OH]. The summed E-state index contributed by atoms with van der Waals surface area (Å²) in [6, 6.07) is 0. The predicted octanol–water partition coefficient (Wildman–Crippen LogP) is -2.01. The zero-order chi connectivity index (χ0) is 4.50. The van der Waals surface area contributed by atoms with Gasteiger partial charge in [-0.05, 0) is 0 Å². The summed E-state index contributed by atoms with van der Waals surface area (Å²) in [7, 11) is 0.